The summed E-state index contributed by atoms with van der Waals surface area (Å²) in [5.41, 5.74) is 1.35. The summed E-state index contributed by atoms with van der Waals surface area (Å²) >= 11 is 0. The molecule has 28 heavy (non-hydrogen) atoms. The minimum atomic E-state index is -3.67. The Morgan fingerprint density at radius 1 is 1.07 bits per heavy atom. The maximum absolute atomic E-state index is 12.4. The fourth-order valence-electron chi connectivity index (χ4n) is 2.39. The molecule has 150 valence electrons. The van der Waals surface area contributed by atoms with Crippen molar-refractivity contribution in [3.8, 4) is 5.75 Å². The zero-order valence-electron chi connectivity index (χ0n) is 15.9. The molecule has 8 nitrogen and oxygen atoms in total. The predicted molar refractivity (Wildman–Crippen MR) is 106 cm³/mol. The lowest BCUT2D eigenvalue weighted by molar-refractivity contribution is -0.115. The first kappa shape index (κ1) is 21.4. The predicted octanol–water partition coefficient (Wildman–Crippen LogP) is 1.67. The first-order chi connectivity index (χ1) is 13.3. The van der Waals surface area contributed by atoms with Crippen LogP contribution in [0.3, 0.4) is 0 Å². The second-order valence-electron chi connectivity index (χ2n) is 5.87. The van der Waals surface area contributed by atoms with Crippen molar-refractivity contribution in [2.75, 3.05) is 25.5 Å². The number of amides is 2. The lowest BCUT2D eigenvalue weighted by Crippen LogP contribution is -2.33. The van der Waals surface area contributed by atoms with Crippen LogP contribution in [0.1, 0.15) is 22.8 Å². The summed E-state index contributed by atoms with van der Waals surface area (Å²) in [7, 11) is -2.38. The molecule has 2 aromatic carbocycles. The average Bonchev–Trinajstić information content (AvgIpc) is 2.68. The van der Waals surface area contributed by atoms with Gasteiger partial charge in [-0.2, -0.15) is 0 Å². The lowest BCUT2D eigenvalue weighted by Gasteiger charge is -2.11. The van der Waals surface area contributed by atoms with Gasteiger partial charge in [0.05, 0.1) is 18.0 Å². The first-order valence-electron chi connectivity index (χ1n) is 8.62. The zero-order chi connectivity index (χ0) is 20.7. The molecule has 0 aliphatic rings. The largest absolute Gasteiger partial charge is 0.494 e. The number of nitrogens with one attached hydrogen (secondary N) is 3. The molecule has 0 atom stereocenters. The summed E-state index contributed by atoms with van der Waals surface area (Å²) in [6.07, 6.45) is 0. The molecule has 0 aliphatic carbocycles. The lowest BCUT2D eigenvalue weighted by atomic mass is 10.1. The van der Waals surface area contributed by atoms with Gasteiger partial charge in [-0.25, -0.2) is 13.1 Å². The minimum absolute atomic E-state index is 0.0235. The Labute approximate surface area is 164 Å². The zero-order valence-corrected chi connectivity index (χ0v) is 16.7. The van der Waals surface area contributed by atoms with Crippen molar-refractivity contribution in [3.05, 3.63) is 53.6 Å². The SMILES string of the molecule is CCOc1ccc(NC(=O)CNC(=O)c2cc(S(=O)(=O)NC)ccc2C)cc1. The standard InChI is InChI=1S/C19H23N3O5S/c1-4-27-15-8-6-14(7-9-15)22-18(23)12-21-19(24)17-11-16(10-5-13(17)2)28(25,26)20-3/h5-11,20H,4,12H2,1-3H3,(H,21,24)(H,22,23). The van der Waals surface area contributed by atoms with Gasteiger partial charge in [-0.1, -0.05) is 6.07 Å². The van der Waals surface area contributed by atoms with Crippen molar-refractivity contribution in [2.24, 2.45) is 0 Å². The van der Waals surface area contributed by atoms with Crippen LogP contribution in [0.25, 0.3) is 0 Å². The molecule has 0 radical (unpaired) electrons. The summed E-state index contributed by atoms with van der Waals surface area (Å²) < 4.78 is 31.3. The van der Waals surface area contributed by atoms with Crippen LogP contribution in [0.2, 0.25) is 0 Å². The molecule has 2 amide bonds. The summed E-state index contributed by atoms with van der Waals surface area (Å²) in [5, 5.41) is 5.16. The van der Waals surface area contributed by atoms with Gasteiger partial charge in [0, 0.05) is 11.3 Å². The van der Waals surface area contributed by atoms with Gasteiger partial charge in [-0.3, -0.25) is 9.59 Å². The molecular weight excluding hydrogens is 382 g/mol. The van der Waals surface area contributed by atoms with E-state index in [9.17, 15) is 18.0 Å². The smallest absolute Gasteiger partial charge is 0.252 e. The third kappa shape index (κ3) is 5.54. The molecule has 0 fully saturated rings. The molecule has 9 heteroatoms. The number of benzene rings is 2. The second-order valence-corrected chi connectivity index (χ2v) is 7.76. The molecule has 0 bridgehead atoms. The van der Waals surface area contributed by atoms with Gasteiger partial charge < -0.3 is 15.4 Å². The molecule has 3 N–H and O–H groups in total. The number of aryl methyl sites for hydroxylation is 1. The molecule has 0 spiro atoms. The Morgan fingerprint density at radius 3 is 2.36 bits per heavy atom. The van der Waals surface area contributed by atoms with E-state index in [1.165, 1.54) is 19.2 Å². The van der Waals surface area contributed by atoms with E-state index in [2.05, 4.69) is 15.4 Å². The topological polar surface area (TPSA) is 114 Å². The molecule has 0 saturated heterocycles. The van der Waals surface area contributed by atoms with E-state index < -0.39 is 21.8 Å². The molecule has 0 saturated carbocycles. The Hall–Kier alpha value is -2.91. The van der Waals surface area contributed by atoms with Gasteiger partial charge in [0.15, 0.2) is 0 Å². The molecule has 0 unspecified atom stereocenters. The van der Waals surface area contributed by atoms with Crippen molar-refractivity contribution >= 4 is 27.5 Å². The summed E-state index contributed by atoms with van der Waals surface area (Å²) in [6, 6.07) is 11.1. The molecule has 0 aromatic heterocycles. The third-order valence-electron chi connectivity index (χ3n) is 3.89. The van der Waals surface area contributed by atoms with Gasteiger partial charge in [0.2, 0.25) is 15.9 Å². The van der Waals surface area contributed by atoms with E-state index in [4.69, 9.17) is 4.74 Å². The van der Waals surface area contributed by atoms with E-state index in [1.54, 1.807) is 37.3 Å². The minimum Gasteiger partial charge on any atom is -0.494 e. The Kier molecular flexibility index (Phi) is 7.13. The van der Waals surface area contributed by atoms with E-state index in [0.29, 0.717) is 23.6 Å². The number of rotatable bonds is 8. The number of hydrogen-bond acceptors (Lipinski definition) is 5. The monoisotopic (exact) mass is 405 g/mol. The average molecular weight is 405 g/mol. The normalized spacial score (nSPS) is 11.0. The highest BCUT2D eigenvalue weighted by atomic mass is 32.2. The quantitative estimate of drug-likeness (QED) is 0.618. The van der Waals surface area contributed by atoms with E-state index in [-0.39, 0.29) is 17.0 Å². The highest BCUT2D eigenvalue weighted by molar-refractivity contribution is 7.89. The fraction of sp³-hybridized carbons (Fsp3) is 0.263. The number of ether oxygens (including phenoxy) is 1. The van der Waals surface area contributed by atoms with Crippen LogP contribution in [0, 0.1) is 6.92 Å². The number of carbonyl (C=O) groups is 2. The Morgan fingerprint density at radius 2 is 1.75 bits per heavy atom. The van der Waals surface area contributed by atoms with E-state index in [1.807, 2.05) is 6.92 Å². The van der Waals surface area contributed by atoms with Gasteiger partial charge in [-0.05, 0) is 62.9 Å². The summed E-state index contributed by atoms with van der Waals surface area (Å²) in [5.74, 6) is -0.248. The Balaban J connectivity index is 1.99. The summed E-state index contributed by atoms with van der Waals surface area (Å²) in [6.45, 7) is 3.86. The van der Waals surface area contributed by atoms with Crippen molar-refractivity contribution in [1.29, 1.82) is 0 Å². The van der Waals surface area contributed by atoms with Gasteiger partial charge in [0.25, 0.3) is 5.91 Å². The van der Waals surface area contributed by atoms with Crippen LogP contribution < -0.4 is 20.1 Å². The van der Waals surface area contributed by atoms with E-state index >= 15 is 0 Å². The number of sulfonamides is 1. The second kappa shape index (κ2) is 9.34. The number of hydrogen-bond donors (Lipinski definition) is 3. The maximum Gasteiger partial charge on any atom is 0.252 e. The van der Waals surface area contributed by atoms with Crippen LogP contribution in [0.5, 0.6) is 5.75 Å². The van der Waals surface area contributed by atoms with Gasteiger partial charge in [0.1, 0.15) is 5.75 Å². The third-order valence-corrected chi connectivity index (χ3v) is 5.30. The Bertz CT molecular complexity index is 956. The van der Waals surface area contributed by atoms with Crippen molar-refractivity contribution in [3.63, 3.8) is 0 Å². The highest BCUT2D eigenvalue weighted by Gasteiger charge is 2.17. The van der Waals surface area contributed by atoms with Crippen LogP contribution in [0.4, 0.5) is 5.69 Å². The van der Waals surface area contributed by atoms with Crippen LogP contribution in [0.15, 0.2) is 47.4 Å². The maximum atomic E-state index is 12.4. The van der Waals surface area contributed by atoms with Crippen molar-refractivity contribution < 1.29 is 22.7 Å². The highest BCUT2D eigenvalue weighted by Crippen LogP contribution is 2.16. The fourth-order valence-corrected chi connectivity index (χ4v) is 3.15. The number of carbonyl (C=O) groups excluding carboxylic acids is 2. The van der Waals surface area contributed by atoms with Crippen LogP contribution in [-0.4, -0.2) is 40.4 Å². The van der Waals surface area contributed by atoms with Crippen LogP contribution >= 0.6 is 0 Å². The molecule has 0 heterocycles. The van der Waals surface area contributed by atoms with Crippen molar-refractivity contribution in [2.45, 2.75) is 18.7 Å². The van der Waals surface area contributed by atoms with Gasteiger partial charge in [-0.15, -0.1) is 0 Å². The molecular formula is C19H23N3O5S. The molecule has 0 aliphatic heterocycles. The molecule has 2 rings (SSSR count). The van der Waals surface area contributed by atoms with Crippen molar-refractivity contribution in [1.82, 2.24) is 10.0 Å². The molecule has 2 aromatic rings. The van der Waals surface area contributed by atoms with Crippen LogP contribution in [-0.2, 0) is 14.8 Å². The first-order valence-corrected chi connectivity index (χ1v) is 10.1. The van der Waals surface area contributed by atoms with E-state index in [0.717, 1.165) is 0 Å². The van der Waals surface area contributed by atoms with Gasteiger partial charge >= 0.3 is 0 Å². The number of anilines is 1. The summed E-state index contributed by atoms with van der Waals surface area (Å²) in [4.78, 5) is 24.4.